The number of carbonyl (C=O) groups is 2. The maximum absolute atomic E-state index is 12.2. The third-order valence-corrected chi connectivity index (χ3v) is 4.15. The lowest BCUT2D eigenvalue weighted by molar-refractivity contribution is -0.384. The topological polar surface area (TPSA) is 102 Å². The number of nitrogens with zero attached hydrogens (tertiary/aromatic N) is 2. The zero-order valence-corrected chi connectivity index (χ0v) is 13.8. The van der Waals surface area contributed by atoms with Crippen LogP contribution in [0, 0.1) is 10.1 Å². The van der Waals surface area contributed by atoms with Gasteiger partial charge in [-0.2, -0.15) is 0 Å². The van der Waals surface area contributed by atoms with Crippen LogP contribution >= 0.6 is 0 Å². The van der Waals surface area contributed by atoms with Crippen LogP contribution < -0.4 is 5.32 Å². The van der Waals surface area contributed by atoms with E-state index < -0.39 is 10.9 Å². The van der Waals surface area contributed by atoms with Crippen LogP contribution in [0.4, 0.5) is 11.4 Å². The van der Waals surface area contributed by atoms with Gasteiger partial charge in [-0.1, -0.05) is 0 Å². The summed E-state index contributed by atoms with van der Waals surface area (Å²) in [6, 6.07) is 4.14. The normalized spacial score (nSPS) is 17.2. The second kappa shape index (κ2) is 7.76. The smallest absolute Gasteiger partial charge is 0.338 e. The van der Waals surface area contributed by atoms with E-state index >= 15 is 0 Å². The fourth-order valence-corrected chi connectivity index (χ4v) is 2.78. The highest BCUT2D eigenvalue weighted by atomic mass is 16.6. The number of likely N-dealkylation sites (tertiary alicyclic amines) is 1. The minimum atomic E-state index is -0.751. The Bertz CT molecular complexity index is 647. The zero-order chi connectivity index (χ0) is 17.7. The van der Waals surface area contributed by atoms with Gasteiger partial charge in [0, 0.05) is 25.7 Å². The number of nitrogens with one attached hydrogen (secondary N) is 1. The molecule has 1 heterocycles. The van der Waals surface area contributed by atoms with E-state index in [1.165, 1.54) is 12.1 Å². The van der Waals surface area contributed by atoms with E-state index in [1.807, 2.05) is 6.92 Å². The van der Waals surface area contributed by atoms with Crippen molar-refractivity contribution in [3.63, 3.8) is 0 Å². The highest BCUT2D eigenvalue weighted by Gasteiger charge is 2.24. The second-order valence-electron chi connectivity index (χ2n) is 5.75. The highest BCUT2D eigenvalue weighted by Crippen LogP contribution is 2.25. The molecule has 8 heteroatoms. The SMILES string of the molecule is CNc1ccc(C(=O)OCC(=O)N2CCCC[C@H]2C)cc1[N+](=O)[O-]. The van der Waals surface area contributed by atoms with Gasteiger partial charge in [-0.05, 0) is 38.3 Å². The van der Waals surface area contributed by atoms with E-state index in [-0.39, 0.29) is 29.8 Å². The van der Waals surface area contributed by atoms with E-state index in [0.717, 1.165) is 25.3 Å². The molecule has 1 saturated heterocycles. The molecule has 0 spiro atoms. The maximum atomic E-state index is 12.2. The van der Waals surface area contributed by atoms with Crippen molar-refractivity contribution < 1.29 is 19.2 Å². The predicted molar refractivity (Wildman–Crippen MR) is 88.0 cm³/mol. The molecule has 1 aliphatic rings. The van der Waals surface area contributed by atoms with Crippen molar-refractivity contribution in [2.24, 2.45) is 0 Å². The standard InChI is InChI=1S/C16H21N3O5/c1-11-5-3-4-8-18(11)15(20)10-24-16(21)12-6-7-13(17-2)14(9-12)19(22)23/h6-7,9,11,17H,3-5,8,10H2,1-2H3/t11-/m1/s1. The minimum Gasteiger partial charge on any atom is -0.452 e. The van der Waals surface area contributed by atoms with E-state index in [1.54, 1.807) is 11.9 Å². The minimum absolute atomic E-state index is 0.0418. The van der Waals surface area contributed by atoms with Gasteiger partial charge in [0.05, 0.1) is 10.5 Å². The summed E-state index contributed by atoms with van der Waals surface area (Å²) in [5.74, 6) is -0.990. The number of nitro groups is 1. The lowest BCUT2D eigenvalue weighted by atomic mass is 10.0. The number of nitro benzene ring substituents is 1. The van der Waals surface area contributed by atoms with Crippen LogP contribution in [0.2, 0.25) is 0 Å². The van der Waals surface area contributed by atoms with Crippen molar-refractivity contribution >= 4 is 23.3 Å². The molecule has 130 valence electrons. The van der Waals surface area contributed by atoms with Gasteiger partial charge >= 0.3 is 5.97 Å². The first-order valence-corrected chi connectivity index (χ1v) is 7.87. The summed E-state index contributed by atoms with van der Waals surface area (Å²) in [5.41, 5.74) is 0.123. The molecule has 2 rings (SSSR count). The van der Waals surface area contributed by atoms with E-state index in [4.69, 9.17) is 4.74 Å². The maximum Gasteiger partial charge on any atom is 0.338 e. The zero-order valence-electron chi connectivity index (χ0n) is 13.8. The van der Waals surface area contributed by atoms with Crippen molar-refractivity contribution in [3.05, 3.63) is 33.9 Å². The molecule has 0 unspecified atom stereocenters. The summed E-state index contributed by atoms with van der Waals surface area (Å²) >= 11 is 0. The molecule has 0 radical (unpaired) electrons. The molecular formula is C16H21N3O5. The first-order chi connectivity index (χ1) is 11.4. The van der Waals surface area contributed by atoms with Crippen molar-refractivity contribution in [2.45, 2.75) is 32.2 Å². The number of benzene rings is 1. The predicted octanol–water partition coefficient (Wildman–Crippen LogP) is 2.19. The van der Waals surface area contributed by atoms with E-state index in [0.29, 0.717) is 12.2 Å². The molecular weight excluding hydrogens is 314 g/mol. The van der Waals surface area contributed by atoms with Gasteiger partial charge in [-0.15, -0.1) is 0 Å². The number of ether oxygens (including phenoxy) is 1. The molecule has 1 atom stereocenters. The van der Waals surface area contributed by atoms with Crippen LogP contribution in [0.3, 0.4) is 0 Å². The summed E-state index contributed by atoms with van der Waals surface area (Å²) in [5, 5.41) is 13.7. The van der Waals surface area contributed by atoms with Gasteiger partial charge < -0.3 is 15.0 Å². The molecule has 1 N–H and O–H groups in total. The molecule has 24 heavy (non-hydrogen) atoms. The van der Waals surface area contributed by atoms with Gasteiger partial charge in [0.2, 0.25) is 0 Å². The Hall–Kier alpha value is -2.64. The average Bonchev–Trinajstić information content (AvgIpc) is 2.59. The van der Waals surface area contributed by atoms with Gasteiger partial charge in [0.25, 0.3) is 11.6 Å². The number of rotatable bonds is 5. The lowest BCUT2D eigenvalue weighted by Crippen LogP contribution is -2.44. The Morgan fingerprint density at radius 1 is 1.42 bits per heavy atom. The number of esters is 1. The Morgan fingerprint density at radius 3 is 2.79 bits per heavy atom. The number of hydrogen-bond donors (Lipinski definition) is 1. The Balaban J connectivity index is 2.01. The molecule has 1 fully saturated rings. The van der Waals surface area contributed by atoms with Crippen molar-refractivity contribution in [1.29, 1.82) is 0 Å². The van der Waals surface area contributed by atoms with Gasteiger partial charge in [0.15, 0.2) is 6.61 Å². The highest BCUT2D eigenvalue weighted by molar-refractivity contribution is 5.93. The lowest BCUT2D eigenvalue weighted by Gasteiger charge is -2.33. The molecule has 0 aliphatic carbocycles. The van der Waals surface area contributed by atoms with Crippen LogP contribution in [0.5, 0.6) is 0 Å². The molecule has 1 amide bonds. The van der Waals surface area contributed by atoms with Crippen molar-refractivity contribution in [1.82, 2.24) is 4.90 Å². The van der Waals surface area contributed by atoms with Crippen LogP contribution in [0.15, 0.2) is 18.2 Å². The van der Waals surface area contributed by atoms with Crippen molar-refractivity contribution in [3.8, 4) is 0 Å². The quantitative estimate of drug-likeness (QED) is 0.503. The van der Waals surface area contributed by atoms with Gasteiger partial charge in [0.1, 0.15) is 5.69 Å². The third-order valence-electron chi connectivity index (χ3n) is 4.15. The summed E-state index contributed by atoms with van der Waals surface area (Å²) in [4.78, 5) is 36.4. The average molecular weight is 335 g/mol. The van der Waals surface area contributed by atoms with Crippen LogP contribution in [0.25, 0.3) is 0 Å². The summed E-state index contributed by atoms with van der Waals surface area (Å²) in [6.07, 6.45) is 2.98. The van der Waals surface area contributed by atoms with Crippen LogP contribution in [0.1, 0.15) is 36.5 Å². The number of piperidine rings is 1. The van der Waals surface area contributed by atoms with Gasteiger partial charge in [-0.3, -0.25) is 14.9 Å². The molecule has 0 bridgehead atoms. The summed E-state index contributed by atoms with van der Waals surface area (Å²) in [6.45, 7) is 2.28. The van der Waals surface area contributed by atoms with Crippen LogP contribution in [-0.4, -0.2) is 47.9 Å². The molecule has 1 aromatic carbocycles. The number of anilines is 1. The molecule has 0 saturated carbocycles. The Morgan fingerprint density at radius 2 is 2.17 bits per heavy atom. The third kappa shape index (κ3) is 4.01. The molecule has 8 nitrogen and oxygen atoms in total. The molecule has 1 aliphatic heterocycles. The number of carbonyl (C=O) groups excluding carboxylic acids is 2. The van der Waals surface area contributed by atoms with E-state index in [9.17, 15) is 19.7 Å². The fourth-order valence-electron chi connectivity index (χ4n) is 2.78. The van der Waals surface area contributed by atoms with Crippen LogP contribution in [-0.2, 0) is 9.53 Å². The number of amides is 1. The Kier molecular flexibility index (Phi) is 5.73. The second-order valence-corrected chi connectivity index (χ2v) is 5.75. The first kappa shape index (κ1) is 17.7. The van der Waals surface area contributed by atoms with Crippen molar-refractivity contribution in [2.75, 3.05) is 25.5 Å². The van der Waals surface area contributed by atoms with E-state index in [2.05, 4.69) is 5.32 Å². The molecule has 1 aromatic rings. The monoisotopic (exact) mass is 335 g/mol. The first-order valence-electron chi connectivity index (χ1n) is 7.87. The Labute approximate surface area is 139 Å². The fraction of sp³-hybridized carbons (Fsp3) is 0.500. The summed E-state index contributed by atoms with van der Waals surface area (Å²) < 4.78 is 5.03. The van der Waals surface area contributed by atoms with Gasteiger partial charge in [-0.25, -0.2) is 4.79 Å². The molecule has 0 aromatic heterocycles. The summed E-state index contributed by atoms with van der Waals surface area (Å²) in [7, 11) is 1.55. The number of hydrogen-bond acceptors (Lipinski definition) is 6. The largest absolute Gasteiger partial charge is 0.452 e.